The Balaban J connectivity index is 2.98. The molecule has 0 aliphatic heterocycles. The first kappa shape index (κ1) is 18.0. The molecule has 0 aromatic heterocycles. The van der Waals surface area contributed by atoms with Crippen LogP contribution in [0.2, 0.25) is 0 Å². The van der Waals surface area contributed by atoms with Crippen molar-refractivity contribution in [3.63, 3.8) is 0 Å². The van der Waals surface area contributed by atoms with Crippen molar-refractivity contribution in [3.8, 4) is 0 Å². The average Bonchev–Trinajstić information content (AvgIpc) is 2.40. The topological polar surface area (TPSA) is 38.3 Å². The molecular weight excluding hydrogens is 351 g/mol. The summed E-state index contributed by atoms with van der Waals surface area (Å²) in [6.07, 6.45) is -4.30. The minimum Gasteiger partial charge on any atom is -0.465 e. The summed E-state index contributed by atoms with van der Waals surface area (Å²) < 4.78 is 45.1. The molecule has 0 amide bonds. The van der Waals surface area contributed by atoms with Crippen molar-refractivity contribution in [2.75, 3.05) is 6.61 Å². The largest absolute Gasteiger partial charge is 0.465 e. The number of benzene rings is 1. The average molecular weight is 368 g/mol. The molecule has 0 fully saturated rings. The van der Waals surface area contributed by atoms with Gasteiger partial charge in [0, 0.05) is 4.47 Å². The smallest absolute Gasteiger partial charge is 0.407 e. The predicted molar refractivity (Wildman–Crippen MR) is 76.8 cm³/mol. The van der Waals surface area contributed by atoms with Crippen molar-refractivity contribution in [1.82, 2.24) is 5.32 Å². The van der Waals surface area contributed by atoms with Crippen LogP contribution in [0.25, 0.3) is 0 Å². The Morgan fingerprint density at radius 2 is 1.86 bits per heavy atom. The molecule has 0 bridgehead atoms. The molecule has 118 valence electrons. The lowest BCUT2D eigenvalue weighted by molar-refractivity contribution is -0.164. The van der Waals surface area contributed by atoms with Gasteiger partial charge in [-0.25, -0.2) is 0 Å². The zero-order chi connectivity index (χ0) is 16.0. The third kappa shape index (κ3) is 5.32. The fourth-order valence-corrected chi connectivity index (χ4v) is 2.10. The van der Waals surface area contributed by atoms with Crippen LogP contribution in [-0.2, 0) is 9.53 Å². The highest BCUT2D eigenvalue weighted by atomic mass is 79.9. The number of hydrogen-bond acceptors (Lipinski definition) is 3. The number of ether oxygens (including phenoxy) is 1. The van der Waals surface area contributed by atoms with E-state index in [0.29, 0.717) is 4.47 Å². The minimum atomic E-state index is -4.51. The normalized spacial score (nSPS) is 14.6. The molecular formula is C14H17BrF3NO2. The highest BCUT2D eigenvalue weighted by Gasteiger charge is 2.42. The van der Waals surface area contributed by atoms with E-state index < -0.39 is 24.2 Å². The van der Waals surface area contributed by atoms with E-state index in [1.165, 1.54) is 24.3 Å². The van der Waals surface area contributed by atoms with Gasteiger partial charge in [0.05, 0.1) is 6.61 Å². The van der Waals surface area contributed by atoms with Gasteiger partial charge in [-0.05, 0) is 31.0 Å². The van der Waals surface area contributed by atoms with Gasteiger partial charge < -0.3 is 4.74 Å². The minimum absolute atomic E-state index is 0.0495. The van der Waals surface area contributed by atoms with Crippen LogP contribution in [0.4, 0.5) is 13.2 Å². The molecule has 1 aromatic carbocycles. The Labute approximate surface area is 130 Å². The quantitative estimate of drug-likeness (QED) is 0.772. The number of alkyl halides is 3. The molecule has 3 nitrogen and oxygen atoms in total. The summed E-state index contributed by atoms with van der Waals surface area (Å²) in [5.74, 6) is -0.675. The number of halogens is 4. The first-order chi connectivity index (χ1) is 9.79. The summed E-state index contributed by atoms with van der Waals surface area (Å²) in [6, 6.07) is 2.88. The maximum absolute atomic E-state index is 13.2. The van der Waals surface area contributed by atoms with E-state index in [2.05, 4.69) is 21.2 Å². The Morgan fingerprint density at radius 3 is 2.29 bits per heavy atom. The third-order valence-electron chi connectivity index (χ3n) is 2.88. The van der Waals surface area contributed by atoms with E-state index in [9.17, 15) is 18.0 Å². The van der Waals surface area contributed by atoms with Crippen molar-refractivity contribution >= 4 is 21.9 Å². The number of hydrogen-bond donors (Lipinski definition) is 1. The van der Waals surface area contributed by atoms with Gasteiger partial charge in [0.2, 0.25) is 0 Å². The zero-order valence-electron chi connectivity index (χ0n) is 11.7. The van der Waals surface area contributed by atoms with Crippen LogP contribution in [0.15, 0.2) is 28.7 Å². The number of nitrogens with one attached hydrogen (secondary N) is 1. The van der Waals surface area contributed by atoms with Crippen molar-refractivity contribution in [2.45, 2.75) is 38.5 Å². The first-order valence-electron chi connectivity index (χ1n) is 6.54. The molecule has 1 aromatic rings. The van der Waals surface area contributed by atoms with E-state index in [0.717, 1.165) is 0 Å². The van der Waals surface area contributed by atoms with Crippen LogP contribution >= 0.6 is 15.9 Å². The fourth-order valence-electron chi connectivity index (χ4n) is 1.83. The van der Waals surface area contributed by atoms with Crippen LogP contribution in [0.1, 0.15) is 31.9 Å². The van der Waals surface area contributed by atoms with Gasteiger partial charge in [-0.2, -0.15) is 13.2 Å². The Morgan fingerprint density at radius 1 is 1.29 bits per heavy atom. The van der Waals surface area contributed by atoms with Gasteiger partial charge in [-0.15, -0.1) is 0 Å². The fraction of sp³-hybridized carbons (Fsp3) is 0.500. The van der Waals surface area contributed by atoms with Gasteiger partial charge in [-0.3, -0.25) is 10.1 Å². The van der Waals surface area contributed by atoms with Crippen molar-refractivity contribution in [3.05, 3.63) is 34.3 Å². The lowest BCUT2D eigenvalue weighted by Gasteiger charge is -2.26. The molecule has 0 spiro atoms. The van der Waals surface area contributed by atoms with Crippen LogP contribution in [0.3, 0.4) is 0 Å². The summed E-state index contributed by atoms with van der Waals surface area (Å²) >= 11 is 3.18. The maximum atomic E-state index is 13.2. The van der Waals surface area contributed by atoms with Crippen LogP contribution in [0, 0.1) is 0 Å². The molecule has 0 saturated heterocycles. The molecule has 0 radical (unpaired) electrons. The van der Waals surface area contributed by atoms with Gasteiger partial charge in [0.1, 0.15) is 12.1 Å². The highest BCUT2D eigenvalue weighted by Crippen LogP contribution is 2.33. The molecule has 0 heterocycles. The summed E-state index contributed by atoms with van der Waals surface area (Å²) in [6.45, 7) is 3.37. The van der Waals surface area contributed by atoms with Gasteiger partial charge >= 0.3 is 12.1 Å². The predicted octanol–water partition coefficient (Wildman–Crippen LogP) is 3.98. The summed E-state index contributed by atoms with van der Waals surface area (Å²) in [5, 5.41) is 2.35. The van der Waals surface area contributed by atoms with E-state index in [1.54, 1.807) is 13.8 Å². The second kappa shape index (κ2) is 7.79. The van der Waals surface area contributed by atoms with Crippen LogP contribution < -0.4 is 5.32 Å². The summed E-state index contributed by atoms with van der Waals surface area (Å²) in [7, 11) is 0. The second-order valence-electron chi connectivity index (χ2n) is 4.41. The monoisotopic (exact) mass is 367 g/mol. The van der Waals surface area contributed by atoms with Crippen LogP contribution in [-0.4, -0.2) is 24.8 Å². The van der Waals surface area contributed by atoms with E-state index in [1.807, 2.05) is 0 Å². The first-order valence-corrected chi connectivity index (χ1v) is 7.33. The van der Waals surface area contributed by atoms with Crippen LogP contribution in [0.5, 0.6) is 0 Å². The van der Waals surface area contributed by atoms with Crippen molar-refractivity contribution in [2.24, 2.45) is 0 Å². The summed E-state index contributed by atoms with van der Waals surface area (Å²) in [4.78, 5) is 11.7. The molecule has 0 aliphatic rings. The lowest BCUT2D eigenvalue weighted by atomic mass is 10.0. The molecule has 2 unspecified atom stereocenters. The molecule has 1 N–H and O–H groups in total. The molecule has 0 saturated carbocycles. The van der Waals surface area contributed by atoms with E-state index >= 15 is 0 Å². The van der Waals surface area contributed by atoms with Gasteiger partial charge in [-0.1, -0.05) is 35.0 Å². The summed E-state index contributed by atoms with van der Waals surface area (Å²) in [5.41, 5.74) is 0.0495. The highest BCUT2D eigenvalue weighted by molar-refractivity contribution is 9.10. The molecule has 1 rings (SSSR count). The van der Waals surface area contributed by atoms with Gasteiger partial charge in [0.15, 0.2) is 0 Å². The van der Waals surface area contributed by atoms with Crippen molar-refractivity contribution < 1.29 is 22.7 Å². The van der Waals surface area contributed by atoms with Gasteiger partial charge in [0.25, 0.3) is 0 Å². The standard InChI is InChI=1S/C14H17BrF3NO2/c1-3-11(13(20)21-4-2)19-12(14(16,17)18)9-5-7-10(15)8-6-9/h5-8,11-12,19H,3-4H2,1-2H3. The Hall–Kier alpha value is -1.08. The lowest BCUT2D eigenvalue weighted by Crippen LogP contribution is -2.45. The van der Waals surface area contributed by atoms with Crippen molar-refractivity contribution in [1.29, 1.82) is 0 Å². The second-order valence-corrected chi connectivity index (χ2v) is 5.32. The molecule has 7 heteroatoms. The number of carbonyl (C=O) groups is 1. The molecule has 0 aliphatic carbocycles. The van der Waals surface area contributed by atoms with E-state index in [-0.39, 0.29) is 18.6 Å². The third-order valence-corrected chi connectivity index (χ3v) is 3.41. The zero-order valence-corrected chi connectivity index (χ0v) is 13.3. The number of carbonyl (C=O) groups excluding carboxylic acids is 1. The maximum Gasteiger partial charge on any atom is 0.407 e. The Kier molecular flexibility index (Phi) is 6.67. The van der Waals surface area contributed by atoms with E-state index in [4.69, 9.17) is 4.74 Å². The SMILES string of the molecule is CCOC(=O)C(CC)NC(c1ccc(Br)cc1)C(F)(F)F. The number of esters is 1. The molecule has 21 heavy (non-hydrogen) atoms. The Bertz CT molecular complexity index is 462. The number of rotatable bonds is 6. The molecule has 2 atom stereocenters.